The molecular formula is C20H31NO2. The molecule has 0 aromatic heterocycles. The quantitative estimate of drug-likeness (QED) is 0.764. The van der Waals surface area contributed by atoms with Crippen LogP contribution in [0.4, 0.5) is 0 Å². The Labute approximate surface area is 141 Å². The van der Waals surface area contributed by atoms with Crippen LogP contribution in [0.5, 0.6) is 5.75 Å². The molecule has 0 heterocycles. The highest BCUT2D eigenvalue weighted by atomic mass is 16.5. The van der Waals surface area contributed by atoms with Gasteiger partial charge < -0.3 is 10.1 Å². The first-order chi connectivity index (χ1) is 10.5. The van der Waals surface area contributed by atoms with Gasteiger partial charge in [-0.2, -0.15) is 0 Å². The number of benzene rings is 1. The maximum atomic E-state index is 12.2. The van der Waals surface area contributed by atoms with Gasteiger partial charge in [-0.1, -0.05) is 32.9 Å². The molecule has 0 aliphatic heterocycles. The van der Waals surface area contributed by atoms with E-state index in [0.29, 0.717) is 0 Å². The number of ether oxygens (including phenoxy) is 1. The number of hydrogen-bond acceptors (Lipinski definition) is 2. The van der Waals surface area contributed by atoms with Gasteiger partial charge in [0.05, 0.1) is 6.10 Å². The van der Waals surface area contributed by atoms with E-state index in [9.17, 15) is 4.79 Å². The molecule has 1 rings (SSSR count). The molecule has 1 aromatic carbocycles. The molecule has 1 amide bonds. The highest BCUT2D eigenvalue weighted by molar-refractivity contribution is 5.92. The molecule has 0 saturated carbocycles. The average Bonchev–Trinajstić information content (AvgIpc) is 2.32. The van der Waals surface area contributed by atoms with Crippen LogP contribution in [0.15, 0.2) is 30.3 Å². The van der Waals surface area contributed by atoms with Crippen molar-refractivity contribution in [3.8, 4) is 5.75 Å². The summed E-state index contributed by atoms with van der Waals surface area (Å²) in [6.07, 6.45) is 4.45. The first-order valence-corrected chi connectivity index (χ1v) is 8.24. The predicted molar refractivity (Wildman–Crippen MR) is 97.5 cm³/mol. The van der Waals surface area contributed by atoms with Crippen LogP contribution in [-0.2, 0) is 4.79 Å². The molecule has 0 atom stereocenters. The minimum absolute atomic E-state index is 0.0746. The Morgan fingerprint density at radius 1 is 1.22 bits per heavy atom. The molecule has 0 unspecified atom stereocenters. The fraction of sp³-hybridized carbons (Fsp3) is 0.550. The Kier molecular flexibility index (Phi) is 6.43. The van der Waals surface area contributed by atoms with Gasteiger partial charge in [0.2, 0.25) is 5.91 Å². The van der Waals surface area contributed by atoms with Gasteiger partial charge >= 0.3 is 0 Å². The van der Waals surface area contributed by atoms with Crippen molar-refractivity contribution in [2.45, 2.75) is 66.5 Å². The molecule has 0 fully saturated rings. The van der Waals surface area contributed by atoms with Crippen LogP contribution in [0, 0.1) is 5.41 Å². The molecule has 0 saturated heterocycles. The minimum atomic E-state index is -0.234. The molecule has 1 N–H and O–H groups in total. The van der Waals surface area contributed by atoms with Crippen molar-refractivity contribution in [3.05, 3.63) is 35.9 Å². The van der Waals surface area contributed by atoms with Crippen molar-refractivity contribution in [2.75, 3.05) is 0 Å². The van der Waals surface area contributed by atoms with Crippen LogP contribution in [0.1, 0.15) is 60.5 Å². The summed E-state index contributed by atoms with van der Waals surface area (Å²) >= 11 is 0. The fourth-order valence-corrected chi connectivity index (χ4v) is 2.88. The van der Waals surface area contributed by atoms with Gasteiger partial charge in [-0.3, -0.25) is 4.79 Å². The van der Waals surface area contributed by atoms with Crippen molar-refractivity contribution in [1.82, 2.24) is 5.32 Å². The van der Waals surface area contributed by atoms with Gasteiger partial charge in [-0.05, 0) is 63.3 Å². The van der Waals surface area contributed by atoms with Crippen LogP contribution in [-0.4, -0.2) is 17.6 Å². The summed E-state index contributed by atoms with van der Waals surface area (Å²) in [6, 6.07) is 7.74. The van der Waals surface area contributed by atoms with Crippen LogP contribution in [0.25, 0.3) is 6.08 Å². The summed E-state index contributed by atoms with van der Waals surface area (Å²) in [5.41, 5.74) is 0.887. The van der Waals surface area contributed by atoms with Gasteiger partial charge in [0.25, 0.3) is 0 Å². The van der Waals surface area contributed by atoms with Crippen molar-refractivity contribution in [2.24, 2.45) is 5.41 Å². The maximum absolute atomic E-state index is 12.2. The number of hydrogen-bond donors (Lipinski definition) is 1. The zero-order valence-electron chi connectivity index (χ0n) is 15.6. The number of nitrogens with one attached hydrogen (secondary N) is 1. The second kappa shape index (κ2) is 7.67. The van der Waals surface area contributed by atoms with E-state index in [-0.39, 0.29) is 23.0 Å². The number of amides is 1. The lowest BCUT2D eigenvalue weighted by molar-refractivity contribution is -0.118. The van der Waals surface area contributed by atoms with Gasteiger partial charge in [0.15, 0.2) is 0 Å². The molecule has 0 radical (unpaired) electrons. The van der Waals surface area contributed by atoms with E-state index < -0.39 is 0 Å². The lowest BCUT2D eigenvalue weighted by Gasteiger charge is -2.32. The van der Waals surface area contributed by atoms with Crippen LogP contribution in [0.2, 0.25) is 0 Å². The van der Waals surface area contributed by atoms with E-state index in [1.54, 1.807) is 6.08 Å². The summed E-state index contributed by atoms with van der Waals surface area (Å²) in [4.78, 5) is 12.2. The van der Waals surface area contributed by atoms with E-state index >= 15 is 0 Å². The molecule has 128 valence electrons. The zero-order valence-corrected chi connectivity index (χ0v) is 15.6. The minimum Gasteiger partial charge on any atom is -0.491 e. The van der Waals surface area contributed by atoms with Gasteiger partial charge in [-0.25, -0.2) is 0 Å². The molecule has 3 nitrogen and oxygen atoms in total. The van der Waals surface area contributed by atoms with E-state index in [1.807, 2.05) is 44.2 Å². The first kappa shape index (κ1) is 19.3. The summed E-state index contributed by atoms with van der Waals surface area (Å²) in [7, 11) is 0. The van der Waals surface area contributed by atoms with E-state index in [4.69, 9.17) is 4.74 Å². The average molecular weight is 317 g/mol. The molecule has 0 aliphatic carbocycles. The predicted octanol–water partition coefficient (Wildman–Crippen LogP) is 4.82. The highest BCUT2D eigenvalue weighted by Crippen LogP contribution is 2.26. The summed E-state index contributed by atoms with van der Waals surface area (Å²) < 4.78 is 5.66. The standard InChI is InChI=1S/C20H31NO2/c1-15(2)23-17-10-8-9-16(13-17)11-12-18(22)21-20(6,7)14-19(3,4)5/h8-13,15H,14H2,1-7H3,(H,21,22)/b12-11+. The number of rotatable bonds is 6. The zero-order chi connectivity index (χ0) is 17.7. The third kappa shape index (κ3) is 8.44. The molecule has 0 bridgehead atoms. The van der Waals surface area contributed by atoms with Crippen molar-refractivity contribution >= 4 is 12.0 Å². The summed E-state index contributed by atoms with van der Waals surface area (Å²) in [5.74, 6) is 0.741. The molecule has 23 heavy (non-hydrogen) atoms. The lowest BCUT2D eigenvalue weighted by Crippen LogP contribution is -2.45. The van der Waals surface area contributed by atoms with Gasteiger partial charge in [0.1, 0.15) is 5.75 Å². The third-order valence-corrected chi connectivity index (χ3v) is 3.09. The highest BCUT2D eigenvalue weighted by Gasteiger charge is 2.26. The van der Waals surface area contributed by atoms with Crippen molar-refractivity contribution < 1.29 is 9.53 Å². The van der Waals surface area contributed by atoms with E-state index in [2.05, 4.69) is 39.9 Å². The number of carbonyl (C=O) groups excluding carboxylic acids is 1. The molecule has 3 heteroatoms. The van der Waals surface area contributed by atoms with E-state index in [1.165, 1.54) is 0 Å². The van der Waals surface area contributed by atoms with Crippen LogP contribution < -0.4 is 10.1 Å². The Bertz CT molecular complexity index is 551. The first-order valence-electron chi connectivity index (χ1n) is 8.24. The summed E-state index contributed by atoms with van der Waals surface area (Å²) in [6.45, 7) is 14.6. The summed E-state index contributed by atoms with van der Waals surface area (Å²) in [5, 5.41) is 3.07. The van der Waals surface area contributed by atoms with Crippen molar-refractivity contribution in [3.63, 3.8) is 0 Å². The van der Waals surface area contributed by atoms with Gasteiger partial charge in [-0.15, -0.1) is 0 Å². The molecular weight excluding hydrogens is 286 g/mol. The third-order valence-electron chi connectivity index (χ3n) is 3.09. The fourth-order valence-electron chi connectivity index (χ4n) is 2.88. The Morgan fingerprint density at radius 3 is 2.43 bits per heavy atom. The molecule has 0 aliphatic rings. The smallest absolute Gasteiger partial charge is 0.244 e. The Morgan fingerprint density at radius 2 is 1.87 bits per heavy atom. The van der Waals surface area contributed by atoms with Crippen LogP contribution >= 0.6 is 0 Å². The molecule has 1 aromatic rings. The normalized spacial score (nSPS) is 12.7. The van der Waals surface area contributed by atoms with Crippen molar-refractivity contribution in [1.29, 1.82) is 0 Å². The second-order valence-electron chi connectivity index (χ2n) is 8.18. The second-order valence-corrected chi connectivity index (χ2v) is 8.18. The van der Waals surface area contributed by atoms with Crippen LogP contribution in [0.3, 0.4) is 0 Å². The van der Waals surface area contributed by atoms with Gasteiger partial charge in [0, 0.05) is 11.6 Å². The largest absolute Gasteiger partial charge is 0.491 e. The Hall–Kier alpha value is -1.77. The number of carbonyl (C=O) groups is 1. The van der Waals surface area contributed by atoms with E-state index in [0.717, 1.165) is 17.7 Å². The Balaban J connectivity index is 2.68. The topological polar surface area (TPSA) is 38.3 Å². The SMILES string of the molecule is CC(C)Oc1cccc(/C=C/C(=O)NC(C)(C)CC(C)(C)C)c1. The maximum Gasteiger partial charge on any atom is 0.244 e. The lowest BCUT2D eigenvalue weighted by atomic mass is 9.82. The monoisotopic (exact) mass is 317 g/mol. The molecule has 0 spiro atoms.